The highest BCUT2D eigenvalue weighted by atomic mass is 16.4. The largest absolute Gasteiger partial charge is 0.480 e. The molecule has 0 saturated heterocycles. The van der Waals surface area contributed by atoms with Crippen LogP contribution in [0.4, 0.5) is 0 Å². The number of aliphatic carboxylic acids is 1. The molecule has 1 heterocycles. The molecular formula is C10H14N2O2. The number of pyridine rings is 1. The first-order valence-corrected chi connectivity index (χ1v) is 4.44. The zero-order valence-electron chi connectivity index (χ0n) is 8.34. The van der Waals surface area contributed by atoms with Crippen LogP contribution >= 0.6 is 0 Å². The van der Waals surface area contributed by atoms with Gasteiger partial charge in [0.05, 0.1) is 12.2 Å². The third-order valence-electron chi connectivity index (χ3n) is 2.16. The van der Waals surface area contributed by atoms with Gasteiger partial charge in [0.2, 0.25) is 0 Å². The van der Waals surface area contributed by atoms with E-state index in [0.29, 0.717) is 0 Å². The van der Waals surface area contributed by atoms with Crippen molar-refractivity contribution in [3.05, 3.63) is 30.1 Å². The Kier molecular flexibility index (Phi) is 3.59. The molecule has 1 unspecified atom stereocenters. The molecule has 4 nitrogen and oxygen atoms in total. The summed E-state index contributed by atoms with van der Waals surface area (Å²) in [4.78, 5) is 16.4. The van der Waals surface area contributed by atoms with Gasteiger partial charge in [-0.2, -0.15) is 0 Å². The Labute approximate surface area is 83.2 Å². The summed E-state index contributed by atoms with van der Waals surface area (Å²) in [6, 6.07) is 5.65. The molecule has 4 heteroatoms. The highest BCUT2D eigenvalue weighted by Crippen LogP contribution is 2.14. The van der Waals surface area contributed by atoms with E-state index in [4.69, 9.17) is 5.11 Å². The summed E-state index contributed by atoms with van der Waals surface area (Å²) >= 11 is 0. The molecule has 0 saturated carbocycles. The molecule has 1 rings (SSSR count). The molecule has 76 valence electrons. The molecule has 0 aliphatic heterocycles. The minimum Gasteiger partial charge on any atom is -0.480 e. The number of carbonyl (C=O) groups is 1. The molecule has 0 aromatic carbocycles. The quantitative estimate of drug-likeness (QED) is 0.781. The maximum atomic E-state index is 10.5. The number of carboxylic acid groups (broad SMARTS) is 1. The van der Waals surface area contributed by atoms with E-state index in [1.165, 1.54) is 0 Å². The normalized spacial score (nSPS) is 12.8. The third-order valence-corrected chi connectivity index (χ3v) is 2.16. The number of rotatable bonds is 4. The zero-order chi connectivity index (χ0) is 10.6. The summed E-state index contributed by atoms with van der Waals surface area (Å²) in [6.45, 7) is 1.96. The summed E-state index contributed by atoms with van der Waals surface area (Å²) in [5.74, 6) is -0.824. The number of hydrogen-bond acceptors (Lipinski definition) is 3. The molecule has 1 aromatic rings. The van der Waals surface area contributed by atoms with E-state index >= 15 is 0 Å². The topological polar surface area (TPSA) is 53.4 Å². The molecule has 0 aliphatic carbocycles. The SMILES string of the molecule is CC(c1ccccn1)N(C)CC(=O)O. The number of likely N-dealkylation sites (N-methyl/N-ethyl adjacent to an activating group) is 1. The molecule has 14 heavy (non-hydrogen) atoms. The average molecular weight is 194 g/mol. The Morgan fingerprint density at radius 3 is 2.86 bits per heavy atom. The van der Waals surface area contributed by atoms with Gasteiger partial charge in [0.1, 0.15) is 0 Å². The molecule has 0 radical (unpaired) electrons. The molecule has 1 N–H and O–H groups in total. The van der Waals surface area contributed by atoms with Gasteiger partial charge >= 0.3 is 5.97 Å². The van der Waals surface area contributed by atoms with Gasteiger partial charge in [-0.25, -0.2) is 0 Å². The molecule has 0 amide bonds. The second kappa shape index (κ2) is 4.72. The molecule has 0 bridgehead atoms. The Morgan fingerprint density at radius 1 is 1.64 bits per heavy atom. The first-order valence-electron chi connectivity index (χ1n) is 4.44. The van der Waals surface area contributed by atoms with Crippen molar-refractivity contribution < 1.29 is 9.90 Å². The van der Waals surface area contributed by atoms with Gasteiger partial charge in [0, 0.05) is 12.2 Å². The van der Waals surface area contributed by atoms with Gasteiger partial charge in [0.25, 0.3) is 0 Å². The zero-order valence-corrected chi connectivity index (χ0v) is 8.34. The second-order valence-electron chi connectivity index (χ2n) is 3.24. The summed E-state index contributed by atoms with van der Waals surface area (Å²) in [7, 11) is 1.77. The van der Waals surface area contributed by atoms with Crippen LogP contribution in [0.15, 0.2) is 24.4 Å². The van der Waals surface area contributed by atoms with Crippen LogP contribution in [0.1, 0.15) is 18.7 Å². The van der Waals surface area contributed by atoms with Crippen LogP contribution in [0.2, 0.25) is 0 Å². The van der Waals surface area contributed by atoms with E-state index in [1.54, 1.807) is 18.1 Å². The van der Waals surface area contributed by atoms with Crippen molar-refractivity contribution in [2.24, 2.45) is 0 Å². The Morgan fingerprint density at radius 2 is 2.36 bits per heavy atom. The number of aromatic nitrogens is 1. The fourth-order valence-electron chi connectivity index (χ4n) is 1.20. The number of hydrogen-bond donors (Lipinski definition) is 1. The van der Waals surface area contributed by atoms with Crippen LogP contribution in [0.5, 0.6) is 0 Å². The van der Waals surface area contributed by atoms with Gasteiger partial charge in [-0.05, 0) is 26.1 Å². The van der Waals surface area contributed by atoms with Crippen LogP contribution in [0.3, 0.4) is 0 Å². The highest BCUT2D eigenvalue weighted by Gasteiger charge is 2.14. The Bertz CT molecular complexity index is 300. The summed E-state index contributed by atoms with van der Waals surface area (Å²) in [5.41, 5.74) is 0.885. The predicted octanol–water partition coefficient (Wildman–Crippen LogP) is 1.16. The van der Waals surface area contributed by atoms with Crippen LogP contribution in [-0.4, -0.2) is 34.6 Å². The molecular weight excluding hydrogens is 180 g/mol. The van der Waals surface area contributed by atoms with Gasteiger partial charge in [0.15, 0.2) is 0 Å². The van der Waals surface area contributed by atoms with E-state index in [-0.39, 0.29) is 12.6 Å². The first kappa shape index (κ1) is 10.7. The molecule has 0 fully saturated rings. The van der Waals surface area contributed by atoms with Crippen molar-refractivity contribution in [3.63, 3.8) is 0 Å². The van der Waals surface area contributed by atoms with Gasteiger partial charge in [-0.3, -0.25) is 14.7 Å². The fraction of sp³-hybridized carbons (Fsp3) is 0.400. The van der Waals surface area contributed by atoms with Crippen molar-refractivity contribution >= 4 is 5.97 Å². The van der Waals surface area contributed by atoms with Crippen LogP contribution in [-0.2, 0) is 4.79 Å². The molecule has 1 aromatic heterocycles. The van der Waals surface area contributed by atoms with Crippen molar-refractivity contribution in [1.29, 1.82) is 0 Å². The lowest BCUT2D eigenvalue weighted by Gasteiger charge is -2.21. The lowest BCUT2D eigenvalue weighted by molar-refractivity contribution is -0.138. The monoisotopic (exact) mass is 194 g/mol. The lowest BCUT2D eigenvalue weighted by Crippen LogP contribution is -2.28. The number of carboxylic acids is 1. The predicted molar refractivity (Wildman–Crippen MR) is 52.9 cm³/mol. The molecule has 1 atom stereocenters. The Hall–Kier alpha value is -1.42. The van der Waals surface area contributed by atoms with Gasteiger partial charge in [-0.1, -0.05) is 6.07 Å². The van der Waals surface area contributed by atoms with Crippen LogP contribution in [0.25, 0.3) is 0 Å². The van der Waals surface area contributed by atoms with Gasteiger partial charge < -0.3 is 5.11 Å². The van der Waals surface area contributed by atoms with E-state index in [2.05, 4.69) is 4.98 Å². The maximum Gasteiger partial charge on any atom is 0.317 e. The number of nitrogens with zero attached hydrogens (tertiary/aromatic N) is 2. The Balaban J connectivity index is 2.65. The van der Waals surface area contributed by atoms with E-state index < -0.39 is 5.97 Å². The lowest BCUT2D eigenvalue weighted by atomic mass is 10.2. The van der Waals surface area contributed by atoms with E-state index in [9.17, 15) is 4.79 Å². The maximum absolute atomic E-state index is 10.5. The standard InChI is InChI=1S/C10H14N2O2/c1-8(12(2)7-10(13)14)9-5-3-4-6-11-9/h3-6,8H,7H2,1-2H3,(H,13,14). The fourth-order valence-corrected chi connectivity index (χ4v) is 1.20. The van der Waals surface area contributed by atoms with E-state index in [0.717, 1.165) is 5.69 Å². The van der Waals surface area contributed by atoms with Crippen LogP contribution < -0.4 is 0 Å². The summed E-state index contributed by atoms with van der Waals surface area (Å²) in [6.07, 6.45) is 1.71. The van der Waals surface area contributed by atoms with Crippen molar-refractivity contribution in [2.45, 2.75) is 13.0 Å². The van der Waals surface area contributed by atoms with Crippen molar-refractivity contribution in [2.75, 3.05) is 13.6 Å². The first-order chi connectivity index (χ1) is 6.61. The van der Waals surface area contributed by atoms with Crippen molar-refractivity contribution in [1.82, 2.24) is 9.88 Å². The second-order valence-corrected chi connectivity index (χ2v) is 3.24. The minimum atomic E-state index is -0.824. The highest BCUT2D eigenvalue weighted by molar-refractivity contribution is 5.69. The average Bonchev–Trinajstić information content (AvgIpc) is 2.17. The van der Waals surface area contributed by atoms with Crippen LogP contribution in [0, 0.1) is 0 Å². The summed E-state index contributed by atoms with van der Waals surface area (Å²) in [5, 5.41) is 8.62. The summed E-state index contributed by atoms with van der Waals surface area (Å²) < 4.78 is 0. The molecule has 0 aliphatic rings. The van der Waals surface area contributed by atoms with Gasteiger partial charge in [-0.15, -0.1) is 0 Å². The molecule has 0 spiro atoms. The third kappa shape index (κ3) is 2.81. The van der Waals surface area contributed by atoms with E-state index in [1.807, 2.05) is 25.1 Å². The minimum absolute atomic E-state index is 0.0206. The smallest absolute Gasteiger partial charge is 0.317 e. The van der Waals surface area contributed by atoms with Crippen molar-refractivity contribution in [3.8, 4) is 0 Å².